The lowest BCUT2D eigenvalue weighted by atomic mass is 9.81. The van der Waals surface area contributed by atoms with Gasteiger partial charge < -0.3 is 19.5 Å². The molecule has 0 atom stereocenters. The Bertz CT molecular complexity index is 1480. The van der Waals surface area contributed by atoms with Gasteiger partial charge in [0.1, 0.15) is 19.3 Å². The quantitative estimate of drug-likeness (QED) is 0.0823. The number of rotatable bonds is 15. The number of aromatic nitrogens is 5. The monoisotopic (exact) mass is 648 g/mol. The summed E-state index contributed by atoms with van der Waals surface area (Å²) in [5.41, 5.74) is 4.81. The number of hydrogen-bond donors (Lipinski definition) is 1. The number of anilines is 1. The van der Waals surface area contributed by atoms with E-state index < -0.39 is 16.1 Å². The first-order chi connectivity index (χ1) is 21.5. The number of para-hydroxylation sites is 1. The molecule has 9 nitrogen and oxygen atoms in total. The predicted molar refractivity (Wildman–Crippen MR) is 188 cm³/mol. The number of aliphatic hydroxyl groups is 1. The third kappa shape index (κ3) is 9.13. The van der Waals surface area contributed by atoms with Crippen molar-refractivity contribution < 1.29 is 14.6 Å². The Labute approximate surface area is 270 Å². The SMILES string of the molecule is C[Si](C)(C)CCOCN(COCC[Si](C)(C)C)c1cc([C@H]2CC[C@H](CO)CC2)nc2c(-c3cnn(-c4ccccc4)c3)cnn12. The summed E-state index contributed by atoms with van der Waals surface area (Å²) >= 11 is 0. The van der Waals surface area contributed by atoms with Gasteiger partial charge in [-0.25, -0.2) is 9.67 Å². The van der Waals surface area contributed by atoms with Gasteiger partial charge in [-0.15, -0.1) is 0 Å². The average Bonchev–Trinajstić information content (AvgIpc) is 3.67. The van der Waals surface area contributed by atoms with Gasteiger partial charge in [-0.2, -0.15) is 14.7 Å². The van der Waals surface area contributed by atoms with Crippen LogP contribution in [0.5, 0.6) is 0 Å². The number of nitrogens with zero attached hydrogens (tertiary/aromatic N) is 6. The van der Waals surface area contributed by atoms with Crippen molar-refractivity contribution in [2.75, 3.05) is 38.2 Å². The van der Waals surface area contributed by atoms with E-state index in [-0.39, 0.29) is 6.61 Å². The van der Waals surface area contributed by atoms with Crippen molar-refractivity contribution in [3.05, 3.63) is 60.7 Å². The van der Waals surface area contributed by atoms with Crippen LogP contribution < -0.4 is 4.90 Å². The molecule has 5 rings (SSSR count). The maximum Gasteiger partial charge on any atom is 0.165 e. The minimum Gasteiger partial charge on any atom is -0.396 e. The molecule has 1 saturated carbocycles. The van der Waals surface area contributed by atoms with Crippen molar-refractivity contribution in [2.24, 2.45) is 5.92 Å². The second kappa shape index (κ2) is 14.7. The van der Waals surface area contributed by atoms with Crippen molar-refractivity contribution in [3.63, 3.8) is 0 Å². The third-order valence-corrected chi connectivity index (χ3v) is 12.1. The van der Waals surface area contributed by atoms with Gasteiger partial charge in [0.2, 0.25) is 0 Å². The van der Waals surface area contributed by atoms with Crippen LogP contribution >= 0.6 is 0 Å². The number of ether oxygens (including phenoxy) is 2. The van der Waals surface area contributed by atoms with Gasteiger partial charge in [0.15, 0.2) is 5.65 Å². The standard InChI is InChI=1S/C34H52N6O3Si2/c1-44(2,3)18-16-42-25-38(26-43-17-19-45(4,5)6)33-20-32(28-14-12-27(24-41)13-15-28)37-34-31(22-36-40(33)34)29-21-35-39(23-29)30-10-8-7-9-11-30/h7-11,20-23,27-28,41H,12-19,24-26H2,1-6H3/t27-,28-. The zero-order chi connectivity index (χ0) is 32.0. The van der Waals surface area contributed by atoms with E-state index in [0.717, 1.165) is 85.0 Å². The van der Waals surface area contributed by atoms with Crippen molar-refractivity contribution in [3.8, 4) is 16.8 Å². The molecular weight excluding hydrogens is 597 g/mol. The molecule has 0 bridgehead atoms. The maximum atomic E-state index is 9.77. The van der Waals surface area contributed by atoms with Crippen LogP contribution in [0.2, 0.25) is 51.4 Å². The number of hydrogen-bond acceptors (Lipinski definition) is 7. The summed E-state index contributed by atoms with van der Waals surface area (Å²) in [4.78, 5) is 7.45. The predicted octanol–water partition coefficient (Wildman–Crippen LogP) is 7.28. The molecule has 0 aliphatic heterocycles. The normalized spacial score (nSPS) is 17.7. The minimum absolute atomic E-state index is 0.264. The molecule has 0 saturated heterocycles. The molecule has 3 heterocycles. The molecule has 45 heavy (non-hydrogen) atoms. The summed E-state index contributed by atoms with van der Waals surface area (Å²) in [5.74, 6) is 1.64. The molecule has 0 unspecified atom stereocenters. The first-order valence-electron chi connectivity index (χ1n) is 16.5. The van der Waals surface area contributed by atoms with E-state index in [1.54, 1.807) is 0 Å². The van der Waals surface area contributed by atoms with Crippen molar-refractivity contribution >= 4 is 27.6 Å². The van der Waals surface area contributed by atoms with E-state index >= 15 is 0 Å². The molecular formula is C34H52N6O3Si2. The number of aliphatic hydroxyl groups excluding tert-OH is 1. The number of benzene rings is 1. The Hall–Kier alpha value is -2.84. The lowest BCUT2D eigenvalue weighted by Gasteiger charge is -2.29. The summed E-state index contributed by atoms with van der Waals surface area (Å²) in [6, 6.07) is 14.6. The molecule has 0 amide bonds. The fourth-order valence-electron chi connectivity index (χ4n) is 5.70. The first-order valence-corrected chi connectivity index (χ1v) is 23.9. The molecule has 4 aromatic rings. The van der Waals surface area contributed by atoms with E-state index in [2.05, 4.69) is 55.3 Å². The topological polar surface area (TPSA) is 89.9 Å². The molecule has 1 aliphatic rings. The van der Waals surface area contributed by atoms with Gasteiger partial charge in [-0.05, 0) is 55.8 Å². The first kappa shape index (κ1) is 33.5. The number of fused-ring (bicyclic) bond motifs is 1. The zero-order valence-corrected chi connectivity index (χ0v) is 30.1. The van der Waals surface area contributed by atoms with Gasteiger partial charge >= 0.3 is 0 Å². The molecule has 0 radical (unpaired) electrons. The lowest BCUT2D eigenvalue weighted by Crippen LogP contribution is -2.33. The fourth-order valence-corrected chi connectivity index (χ4v) is 7.22. The Kier molecular flexibility index (Phi) is 11.0. The largest absolute Gasteiger partial charge is 0.396 e. The van der Waals surface area contributed by atoms with E-state index in [4.69, 9.17) is 19.6 Å². The van der Waals surface area contributed by atoms with Crippen LogP contribution in [0.25, 0.3) is 22.5 Å². The second-order valence-corrected chi connectivity index (χ2v) is 26.2. The van der Waals surface area contributed by atoms with Crippen LogP contribution in [0.1, 0.15) is 37.3 Å². The van der Waals surface area contributed by atoms with Gasteiger partial charge in [0.05, 0.1) is 18.1 Å². The maximum absolute atomic E-state index is 9.77. The summed E-state index contributed by atoms with van der Waals surface area (Å²) in [5, 5.41) is 19.3. The Morgan fingerprint density at radius 2 is 1.51 bits per heavy atom. The Morgan fingerprint density at radius 1 is 0.867 bits per heavy atom. The average molecular weight is 649 g/mol. The highest BCUT2D eigenvalue weighted by Gasteiger charge is 2.27. The Balaban J connectivity index is 1.51. The summed E-state index contributed by atoms with van der Waals surface area (Å²) in [6.45, 7) is 16.8. The van der Waals surface area contributed by atoms with Crippen molar-refractivity contribution in [1.82, 2.24) is 24.4 Å². The summed E-state index contributed by atoms with van der Waals surface area (Å²) in [7, 11) is -2.45. The molecule has 11 heteroatoms. The van der Waals surface area contributed by atoms with Gasteiger partial charge in [-0.1, -0.05) is 57.5 Å². The molecule has 1 aromatic carbocycles. The highest BCUT2D eigenvalue weighted by molar-refractivity contribution is 6.76. The van der Waals surface area contributed by atoms with Crippen LogP contribution in [0.3, 0.4) is 0 Å². The van der Waals surface area contributed by atoms with Crippen LogP contribution in [-0.2, 0) is 9.47 Å². The highest BCUT2D eigenvalue weighted by atomic mass is 28.3. The summed E-state index contributed by atoms with van der Waals surface area (Å²) < 4.78 is 16.5. The van der Waals surface area contributed by atoms with Crippen molar-refractivity contribution in [1.29, 1.82) is 0 Å². The molecule has 1 fully saturated rings. The lowest BCUT2D eigenvalue weighted by molar-refractivity contribution is 0.0942. The van der Waals surface area contributed by atoms with Gasteiger partial charge in [0, 0.05) is 71.0 Å². The second-order valence-electron chi connectivity index (χ2n) is 15.0. The van der Waals surface area contributed by atoms with Gasteiger partial charge in [0.25, 0.3) is 0 Å². The van der Waals surface area contributed by atoms with Crippen LogP contribution in [-0.4, -0.2) is 78.9 Å². The molecule has 1 N–H and O–H groups in total. The van der Waals surface area contributed by atoms with E-state index in [1.807, 2.05) is 58.1 Å². The highest BCUT2D eigenvalue weighted by Crippen LogP contribution is 2.37. The van der Waals surface area contributed by atoms with E-state index in [1.165, 1.54) is 0 Å². The van der Waals surface area contributed by atoms with Gasteiger partial charge in [-0.3, -0.25) is 0 Å². The van der Waals surface area contributed by atoms with Crippen LogP contribution in [0.4, 0.5) is 5.82 Å². The smallest absolute Gasteiger partial charge is 0.165 e. The third-order valence-electron chi connectivity index (χ3n) is 8.72. The zero-order valence-electron chi connectivity index (χ0n) is 28.1. The Morgan fingerprint density at radius 3 is 2.11 bits per heavy atom. The fraction of sp³-hybridized carbons (Fsp3) is 0.559. The molecule has 0 spiro atoms. The molecule has 1 aliphatic carbocycles. The molecule has 3 aromatic heterocycles. The summed E-state index contributed by atoms with van der Waals surface area (Å²) in [6.07, 6.45) is 9.91. The van der Waals surface area contributed by atoms with Crippen molar-refractivity contribution in [2.45, 2.75) is 83.0 Å². The van der Waals surface area contributed by atoms with E-state index in [9.17, 15) is 5.11 Å². The van der Waals surface area contributed by atoms with Crippen LogP contribution in [0, 0.1) is 5.92 Å². The van der Waals surface area contributed by atoms with Crippen LogP contribution in [0.15, 0.2) is 55.0 Å². The minimum atomic E-state index is -1.23. The molecule has 244 valence electrons. The van der Waals surface area contributed by atoms with E-state index in [0.29, 0.717) is 25.3 Å².